The Hall–Kier alpha value is -1.30. The van der Waals surface area contributed by atoms with E-state index in [-0.39, 0.29) is 24.7 Å². The summed E-state index contributed by atoms with van der Waals surface area (Å²) < 4.78 is 0. The molecular formula is C17H25ClN2O3. The molecule has 23 heavy (non-hydrogen) atoms. The zero-order valence-electron chi connectivity index (χ0n) is 13.3. The monoisotopic (exact) mass is 340 g/mol. The number of hydrogen-bond acceptors (Lipinski definition) is 4. The molecule has 0 aliphatic carbocycles. The van der Waals surface area contributed by atoms with Crippen LogP contribution in [-0.2, 0) is 11.2 Å². The fourth-order valence-electron chi connectivity index (χ4n) is 2.98. The standard InChI is InChI=1S/C17H25ClN2O3/c18-16-11-15(22)6-5-13(16)10-17(23)19-7-1-2-8-20-9-3-4-14(20)12-21/h5-6,11,14,21-22H,1-4,7-10,12H2,(H,19,23). The van der Waals surface area contributed by atoms with Crippen LogP contribution in [0.4, 0.5) is 0 Å². The smallest absolute Gasteiger partial charge is 0.224 e. The van der Waals surface area contributed by atoms with Crippen LogP contribution in [0.25, 0.3) is 0 Å². The quantitative estimate of drug-likeness (QED) is 0.632. The number of phenols is 1. The van der Waals surface area contributed by atoms with E-state index in [0.29, 0.717) is 23.2 Å². The summed E-state index contributed by atoms with van der Waals surface area (Å²) in [7, 11) is 0. The number of hydrogen-bond donors (Lipinski definition) is 3. The summed E-state index contributed by atoms with van der Waals surface area (Å²) in [4.78, 5) is 14.2. The van der Waals surface area contributed by atoms with E-state index in [9.17, 15) is 15.0 Å². The van der Waals surface area contributed by atoms with Crippen molar-refractivity contribution in [2.45, 2.75) is 38.1 Å². The largest absolute Gasteiger partial charge is 0.508 e. The maximum Gasteiger partial charge on any atom is 0.224 e. The molecule has 1 aromatic rings. The molecule has 2 rings (SSSR count). The molecule has 1 aliphatic rings. The molecule has 1 saturated heterocycles. The minimum absolute atomic E-state index is 0.0630. The van der Waals surface area contributed by atoms with Crippen LogP contribution in [0.5, 0.6) is 5.75 Å². The summed E-state index contributed by atoms with van der Waals surface area (Å²) in [5.41, 5.74) is 0.713. The summed E-state index contributed by atoms with van der Waals surface area (Å²) in [5.74, 6) is 0.0363. The number of rotatable bonds is 8. The second-order valence-electron chi connectivity index (χ2n) is 6.02. The molecule has 0 spiro atoms. The second-order valence-corrected chi connectivity index (χ2v) is 6.43. The third-order valence-corrected chi connectivity index (χ3v) is 4.64. The Labute approximate surface area is 142 Å². The van der Waals surface area contributed by atoms with E-state index in [1.165, 1.54) is 12.1 Å². The van der Waals surface area contributed by atoms with Gasteiger partial charge in [-0.25, -0.2) is 0 Å². The minimum atomic E-state index is -0.0630. The van der Waals surface area contributed by atoms with Crippen molar-refractivity contribution in [2.24, 2.45) is 0 Å². The maximum absolute atomic E-state index is 11.9. The summed E-state index contributed by atoms with van der Waals surface area (Å²) >= 11 is 5.99. The van der Waals surface area contributed by atoms with Crippen molar-refractivity contribution < 1.29 is 15.0 Å². The third-order valence-electron chi connectivity index (χ3n) is 4.29. The molecule has 1 aromatic carbocycles. The van der Waals surface area contributed by atoms with Gasteiger partial charge in [-0.15, -0.1) is 0 Å². The molecule has 1 amide bonds. The highest BCUT2D eigenvalue weighted by molar-refractivity contribution is 6.31. The maximum atomic E-state index is 11.9. The van der Waals surface area contributed by atoms with Crippen molar-refractivity contribution in [3.8, 4) is 5.75 Å². The van der Waals surface area contributed by atoms with E-state index in [4.69, 9.17) is 11.6 Å². The van der Waals surface area contributed by atoms with Crippen LogP contribution in [0.3, 0.4) is 0 Å². The fraction of sp³-hybridized carbons (Fsp3) is 0.588. The Balaban J connectivity index is 1.61. The van der Waals surface area contributed by atoms with Crippen LogP contribution in [0.15, 0.2) is 18.2 Å². The van der Waals surface area contributed by atoms with E-state index in [1.807, 2.05) is 0 Å². The summed E-state index contributed by atoms with van der Waals surface area (Å²) in [6, 6.07) is 4.96. The van der Waals surface area contributed by atoms with Gasteiger partial charge in [0.05, 0.1) is 13.0 Å². The fourth-order valence-corrected chi connectivity index (χ4v) is 3.22. The molecule has 1 unspecified atom stereocenters. The Morgan fingerprint density at radius 1 is 1.39 bits per heavy atom. The summed E-state index contributed by atoms with van der Waals surface area (Å²) in [6.45, 7) is 2.93. The molecule has 1 atom stereocenters. The van der Waals surface area contributed by atoms with Gasteiger partial charge < -0.3 is 15.5 Å². The predicted octanol–water partition coefficient (Wildman–Crippen LogP) is 1.94. The number of halogens is 1. The van der Waals surface area contributed by atoms with Gasteiger partial charge in [-0.05, 0) is 56.5 Å². The number of unbranched alkanes of at least 4 members (excludes halogenated alkanes) is 1. The zero-order valence-corrected chi connectivity index (χ0v) is 14.1. The van der Waals surface area contributed by atoms with Gasteiger partial charge in [0.15, 0.2) is 0 Å². The van der Waals surface area contributed by atoms with E-state index in [2.05, 4.69) is 10.2 Å². The molecule has 128 valence electrons. The average Bonchev–Trinajstić information content (AvgIpc) is 2.97. The van der Waals surface area contributed by atoms with E-state index >= 15 is 0 Å². The highest BCUT2D eigenvalue weighted by Gasteiger charge is 2.22. The molecule has 1 fully saturated rings. The lowest BCUT2D eigenvalue weighted by molar-refractivity contribution is -0.120. The molecule has 0 bridgehead atoms. The van der Waals surface area contributed by atoms with E-state index in [0.717, 1.165) is 38.8 Å². The Bertz CT molecular complexity index is 525. The van der Waals surface area contributed by atoms with Crippen LogP contribution in [0.1, 0.15) is 31.2 Å². The number of benzene rings is 1. The second kappa shape index (κ2) is 9.11. The van der Waals surface area contributed by atoms with Crippen LogP contribution in [0, 0.1) is 0 Å². The van der Waals surface area contributed by atoms with Crippen LogP contribution in [-0.4, -0.2) is 53.3 Å². The zero-order chi connectivity index (χ0) is 16.7. The molecule has 1 aliphatic heterocycles. The molecule has 0 radical (unpaired) electrons. The number of carbonyl (C=O) groups is 1. The number of aliphatic hydroxyl groups excluding tert-OH is 1. The van der Waals surface area contributed by atoms with Gasteiger partial charge >= 0.3 is 0 Å². The number of carbonyl (C=O) groups excluding carboxylic acids is 1. The highest BCUT2D eigenvalue weighted by Crippen LogP contribution is 2.21. The molecule has 3 N–H and O–H groups in total. The van der Waals surface area contributed by atoms with E-state index < -0.39 is 0 Å². The number of phenolic OH excluding ortho intramolecular Hbond substituents is 1. The molecular weight excluding hydrogens is 316 g/mol. The molecule has 5 nitrogen and oxygen atoms in total. The van der Waals surface area contributed by atoms with Crippen LogP contribution in [0.2, 0.25) is 5.02 Å². The van der Waals surface area contributed by atoms with Crippen molar-refractivity contribution in [1.82, 2.24) is 10.2 Å². The number of nitrogens with one attached hydrogen (secondary N) is 1. The lowest BCUT2D eigenvalue weighted by Gasteiger charge is -2.22. The van der Waals surface area contributed by atoms with Crippen molar-refractivity contribution in [3.63, 3.8) is 0 Å². The molecule has 6 heteroatoms. The number of aliphatic hydroxyl groups is 1. The Morgan fingerprint density at radius 2 is 2.22 bits per heavy atom. The minimum Gasteiger partial charge on any atom is -0.508 e. The Morgan fingerprint density at radius 3 is 2.96 bits per heavy atom. The summed E-state index contributed by atoms with van der Waals surface area (Å²) in [5, 5.41) is 21.9. The summed E-state index contributed by atoms with van der Waals surface area (Å²) in [6.07, 6.45) is 4.40. The molecule has 0 aromatic heterocycles. The number of nitrogens with zero attached hydrogens (tertiary/aromatic N) is 1. The average molecular weight is 341 g/mol. The first kappa shape index (κ1) is 18.0. The third kappa shape index (κ3) is 5.68. The van der Waals surface area contributed by atoms with Gasteiger partial charge in [0.1, 0.15) is 5.75 Å². The topological polar surface area (TPSA) is 72.8 Å². The van der Waals surface area contributed by atoms with Gasteiger partial charge in [-0.2, -0.15) is 0 Å². The Kier molecular flexibility index (Phi) is 7.15. The van der Waals surface area contributed by atoms with Crippen molar-refractivity contribution in [3.05, 3.63) is 28.8 Å². The normalized spacial score (nSPS) is 18.3. The SMILES string of the molecule is O=C(Cc1ccc(O)cc1Cl)NCCCCN1CCCC1CO. The first-order valence-electron chi connectivity index (χ1n) is 8.19. The van der Waals surface area contributed by atoms with E-state index in [1.54, 1.807) is 6.07 Å². The number of aromatic hydroxyl groups is 1. The predicted molar refractivity (Wildman–Crippen MR) is 90.7 cm³/mol. The first-order valence-corrected chi connectivity index (χ1v) is 8.57. The van der Waals surface area contributed by atoms with Gasteiger partial charge in [0.2, 0.25) is 5.91 Å². The number of amides is 1. The molecule has 1 heterocycles. The lowest BCUT2D eigenvalue weighted by Crippen LogP contribution is -2.33. The van der Waals surface area contributed by atoms with Gasteiger partial charge in [0.25, 0.3) is 0 Å². The first-order chi connectivity index (χ1) is 11.1. The highest BCUT2D eigenvalue weighted by atomic mass is 35.5. The van der Waals surface area contributed by atoms with Crippen LogP contribution < -0.4 is 5.32 Å². The molecule has 0 saturated carbocycles. The van der Waals surface area contributed by atoms with Crippen molar-refractivity contribution >= 4 is 17.5 Å². The van der Waals surface area contributed by atoms with Gasteiger partial charge in [-0.1, -0.05) is 17.7 Å². The van der Waals surface area contributed by atoms with Crippen molar-refractivity contribution in [2.75, 3.05) is 26.2 Å². The van der Waals surface area contributed by atoms with Crippen molar-refractivity contribution in [1.29, 1.82) is 0 Å². The number of likely N-dealkylation sites (tertiary alicyclic amines) is 1. The van der Waals surface area contributed by atoms with Gasteiger partial charge in [0, 0.05) is 17.6 Å². The van der Waals surface area contributed by atoms with Gasteiger partial charge in [-0.3, -0.25) is 9.69 Å². The van der Waals surface area contributed by atoms with Crippen LogP contribution >= 0.6 is 11.6 Å². The lowest BCUT2D eigenvalue weighted by atomic mass is 10.1.